The van der Waals surface area contributed by atoms with Crippen molar-refractivity contribution in [3.8, 4) is 0 Å². The lowest BCUT2D eigenvalue weighted by atomic mass is 10.0. The molecule has 2 unspecified atom stereocenters. The first kappa shape index (κ1) is 10.6. The molecule has 0 aliphatic heterocycles. The van der Waals surface area contributed by atoms with Gasteiger partial charge in [0.2, 0.25) is 0 Å². The van der Waals surface area contributed by atoms with Gasteiger partial charge in [0.05, 0.1) is 6.10 Å². The summed E-state index contributed by atoms with van der Waals surface area (Å²) >= 11 is 1.61. The van der Waals surface area contributed by atoms with Crippen LogP contribution >= 0.6 is 11.3 Å². The molecule has 1 aromatic carbocycles. The number of aliphatic hydroxyl groups excluding tert-OH is 2. The Morgan fingerprint density at radius 1 is 1.27 bits per heavy atom. The first-order valence-electron chi connectivity index (χ1n) is 4.76. The Kier molecular flexibility index (Phi) is 3.02. The van der Waals surface area contributed by atoms with Gasteiger partial charge in [0.15, 0.2) is 0 Å². The van der Waals surface area contributed by atoms with Crippen molar-refractivity contribution in [1.82, 2.24) is 0 Å². The standard InChI is InChI=1S/C11H13NO2S/c12-6-9(13)11(14)8-2-1-3-10-7(8)4-5-15-10/h1-5,9,11,13-14H,6,12H2. The van der Waals surface area contributed by atoms with Crippen molar-refractivity contribution in [1.29, 1.82) is 0 Å². The molecule has 0 saturated carbocycles. The van der Waals surface area contributed by atoms with E-state index in [2.05, 4.69) is 0 Å². The Hall–Kier alpha value is -0.940. The number of fused-ring (bicyclic) bond motifs is 1. The highest BCUT2D eigenvalue weighted by Crippen LogP contribution is 2.29. The number of hydrogen-bond acceptors (Lipinski definition) is 4. The first-order chi connectivity index (χ1) is 7.24. The van der Waals surface area contributed by atoms with Crippen molar-refractivity contribution in [3.63, 3.8) is 0 Å². The third kappa shape index (κ3) is 1.89. The van der Waals surface area contributed by atoms with Gasteiger partial charge in [0, 0.05) is 11.2 Å². The quantitative estimate of drug-likeness (QED) is 0.733. The van der Waals surface area contributed by atoms with Crippen LogP contribution < -0.4 is 5.73 Å². The average molecular weight is 223 g/mol. The maximum absolute atomic E-state index is 9.88. The van der Waals surface area contributed by atoms with E-state index in [9.17, 15) is 10.2 Å². The predicted octanol–water partition coefficient (Wildman–Crippen LogP) is 1.25. The molecule has 0 aliphatic rings. The molecule has 1 aromatic heterocycles. The number of rotatable bonds is 3. The van der Waals surface area contributed by atoms with Gasteiger partial charge in [-0.3, -0.25) is 0 Å². The zero-order valence-electron chi connectivity index (χ0n) is 8.13. The van der Waals surface area contributed by atoms with E-state index in [0.717, 1.165) is 15.6 Å². The summed E-state index contributed by atoms with van der Waals surface area (Å²) in [6.45, 7) is 0.0572. The van der Waals surface area contributed by atoms with Crippen molar-refractivity contribution >= 4 is 21.4 Å². The van der Waals surface area contributed by atoms with E-state index in [1.165, 1.54) is 0 Å². The van der Waals surface area contributed by atoms with Gasteiger partial charge in [0.1, 0.15) is 6.10 Å². The van der Waals surface area contributed by atoms with Crippen LogP contribution in [0.1, 0.15) is 11.7 Å². The third-order valence-electron chi connectivity index (χ3n) is 2.45. The molecular weight excluding hydrogens is 210 g/mol. The molecule has 0 radical (unpaired) electrons. The SMILES string of the molecule is NCC(O)C(O)c1cccc2sccc12. The van der Waals surface area contributed by atoms with Crippen LogP contribution in [-0.4, -0.2) is 22.9 Å². The first-order valence-corrected chi connectivity index (χ1v) is 5.64. The Morgan fingerprint density at radius 3 is 2.80 bits per heavy atom. The monoisotopic (exact) mass is 223 g/mol. The maximum atomic E-state index is 9.88. The van der Waals surface area contributed by atoms with Crippen molar-refractivity contribution in [3.05, 3.63) is 35.2 Å². The molecule has 2 atom stereocenters. The topological polar surface area (TPSA) is 66.5 Å². The summed E-state index contributed by atoms with van der Waals surface area (Å²) in [5.74, 6) is 0. The van der Waals surface area contributed by atoms with Crippen molar-refractivity contribution in [2.24, 2.45) is 5.73 Å². The second-order valence-corrected chi connectivity index (χ2v) is 4.38. The number of benzene rings is 1. The Bertz CT molecular complexity index is 455. The third-order valence-corrected chi connectivity index (χ3v) is 3.34. The normalized spacial score (nSPS) is 15.4. The van der Waals surface area contributed by atoms with Gasteiger partial charge in [-0.2, -0.15) is 0 Å². The van der Waals surface area contributed by atoms with E-state index in [1.54, 1.807) is 11.3 Å². The van der Waals surface area contributed by atoms with Crippen LogP contribution in [0.4, 0.5) is 0 Å². The summed E-state index contributed by atoms with van der Waals surface area (Å²) in [7, 11) is 0. The highest BCUT2D eigenvalue weighted by Gasteiger charge is 2.18. The molecule has 1 heterocycles. The van der Waals surface area contributed by atoms with Crippen LogP contribution in [0.3, 0.4) is 0 Å². The fraction of sp³-hybridized carbons (Fsp3) is 0.273. The molecule has 15 heavy (non-hydrogen) atoms. The molecule has 2 rings (SSSR count). The van der Waals surface area contributed by atoms with Crippen LogP contribution in [0.5, 0.6) is 0 Å². The Balaban J connectivity index is 2.46. The molecule has 4 N–H and O–H groups in total. The van der Waals surface area contributed by atoms with Crippen LogP contribution in [0, 0.1) is 0 Å². The fourth-order valence-electron chi connectivity index (χ4n) is 1.61. The summed E-state index contributed by atoms with van der Waals surface area (Å²) in [6, 6.07) is 7.63. The molecule has 0 amide bonds. The molecule has 0 bridgehead atoms. The molecule has 80 valence electrons. The van der Waals surface area contributed by atoms with E-state index < -0.39 is 12.2 Å². The van der Waals surface area contributed by atoms with E-state index in [-0.39, 0.29) is 6.54 Å². The van der Waals surface area contributed by atoms with Crippen LogP contribution in [0.15, 0.2) is 29.6 Å². The van der Waals surface area contributed by atoms with Crippen molar-refractivity contribution in [2.75, 3.05) is 6.54 Å². The zero-order chi connectivity index (χ0) is 10.8. The second kappa shape index (κ2) is 4.28. The van der Waals surface area contributed by atoms with Crippen molar-refractivity contribution in [2.45, 2.75) is 12.2 Å². The highest BCUT2D eigenvalue weighted by atomic mass is 32.1. The van der Waals surface area contributed by atoms with E-state index >= 15 is 0 Å². The fourth-order valence-corrected chi connectivity index (χ4v) is 2.43. The van der Waals surface area contributed by atoms with Crippen LogP contribution in [-0.2, 0) is 0 Å². The van der Waals surface area contributed by atoms with Gasteiger partial charge >= 0.3 is 0 Å². The van der Waals surface area contributed by atoms with Gasteiger partial charge < -0.3 is 15.9 Å². The largest absolute Gasteiger partial charge is 0.389 e. The molecule has 3 nitrogen and oxygen atoms in total. The van der Waals surface area contributed by atoms with Crippen LogP contribution in [0.25, 0.3) is 10.1 Å². The molecule has 0 spiro atoms. The lowest BCUT2D eigenvalue weighted by Gasteiger charge is -2.17. The molecule has 4 heteroatoms. The lowest BCUT2D eigenvalue weighted by Crippen LogP contribution is -2.27. The van der Waals surface area contributed by atoms with E-state index in [0.29, 0.717) is 0 Å². The number of aliphatic hydroxyl groups is 2. The number of nitrogens with two attached hydrogens (primary N) is 1. The van der Waals surface area contributed by atoms with Gasteiger partial charge in [-0.15, -0.1) is 11.3 Å². The highest BCUT2D eigenvalue weighted by molar-refractivity contribution is 7.17. The molecular formula is C11H13NO2S. The Labute approximate surface area is 91.8 Å². The predicted molar refractivity (Wildman–Crippen MR) is 61.8 cm³/mol. The maximum Gasteiger partial charge on any atom is 0.107 e. The summed E-state index contributed by atoms with van der Waals surface area (Å²) in [5.41, 5.74) is 6.06. The van der Waals surface area contributed by atoms with Crippen molar-refractivity contribution < 1.29 is 10.2 Å². The summed E-state index contributed by atoms with van der Waals surface area (Å²) in [6.07, 6.45) is -1.82. The zero-order valence-corrected chi connectivity index (χ0v) is 8.95. The Morgan fingerprint density at radius 2 is 2.07 bits per heavy atom. The minimum absolute atomic E-state index is 0.0572. The minimum atomic E-state index is -0.909. The minimum Gasteiger partial charge on any atom is -0.389 e. The average Bonchev–Trinajstić information content (AvgIpc) is 2.74. The molecule has 0 aliphatic carbocycles. The number of hydrogen-bond donors (Lipinski definition) is 3. The molecule has 0 saturated heterocycles. The van der Waals surface area contributed by atoms with E-state index in [1.807, 2.05) is 29.6 Å². The van der Waals surface area contributed by atoms with Crippen LogP contribution in [0.2, 0.25) is 0 Å². The smallest absolute Gasteiger partial charge is 0.107 e. The number of thiophene rings is 1. The van der Waals surface area contributed by atoms with Gasteiger partial charge in [-0.1, -0.05) is 12.1 Å². The summed E-state index contributed by atoms with van der Waals surface area (Å²) in [5, 5.41) is 22.3. The van der Waals surface area contributed by atoms with E-state index in [4.69, 9.17) is 5.73 Å². The van der Waals surface area contributed by atoms with Gasteiger partial charge in [-0.25, -0.2) is 0 Å². The van der Waals surface area contributed by atoms with Gasteiger partial charge in [0.25, 0.3) is 0 Å². The lowest BCUT2D eigenvalue weighted by molar-refractivity contribution is 0.0252. The van der Waals surface area contributed by atoms with Gasteiger partial charge in [-0.05, 0) is 28.5 Å². The summed E-state index contributed by atoms with van der Waals surface area (Å²) in [4.78, 5) is 0. The molecule has 2 aromatic rings. The summed E-state index contributed by atoms with van der Waals surface area (Å²) < 4.78 is 1.11. The molecule has 0 fully saturated rings. The second-order valence-electron chi connectivity index (χ2n) is 3.43.